The lowest BCUT2D eigenvalue weighted by Crippen LogP contribution is -2.58. The molecule has 1 aromatic carbocycles. The molecule has 2 unspecified atom stereocenters. The van der Waals surface area contributed by atoms with Gasteiger partial charge in [-0.15, -0.1) is 11.6 Å². The number of carbonyl (C=O) groups excluding carboxylic acids is 2. The van der Waals surface area contributed by atoms with Crippen LogP contribution >= 0.6 is 23.2 Å². The molecule has 0 bridgehead atoms. The third-order valence-corrected chi connectivity index (χ3v) is 4.72. The van der Waals surface area contributed by atoms with E-state index in [-0.39, 0.29) is 6.54 Å². The fraction of sp³-hybridized carbons (Fsp3) is 0.385. The summed E-state index contributed by atoms with van der Waals surface area (Å²) in [7, 11) is 1.61. The second-order valence-corrected chi connectivity index (χ2v) is 5.73. The highest BCUT2D eigenvalue weighted by molar-refractivity contribution is 6.41. The van der Waals surface area contributed by atoms with Crippen LogP contribution in [0, 0.1) is 0 Å². The van der Waals surface area contributed by atoms with Crippen molar-refractivity contribution in [3.05, 3.63) is 30.3 Å². The van der Waals surface area contributed by atoms with Gasteiger partial charge >= 0.3 is 6.03 Å². The van der Waals surface area contributed by atoms with Crippen LogP contribution in [0.5, 0.6) is 0 Å². The number of hydrogen-bond donors (Lipinski definition) is 1. The van der Waals surface area contributed by atoms with Gasteiger partial charge in [0.15, 0.2) is 0 Å². The smallest absolute Gasteiger partial charge is 0.326 e. The van der Waals surface area contributed by atoms with E-state index in [2.05, 4.69) is 0 Å². The maximum Gasteiger partial charge on any atom is 0.326 e. The number of rotatable bonds is 2. The molecule has 2 atom stereocenters. The first-order chi connectivity index (χ1) is 9.39. The van der Waals surface area contributed by atoms with Crippen LogP contribution in [0.25, 0.3) is 0 Å². The fourth-order valence-electron chi connectivity index (χ4n) is 2.23. The predicted octanol–water partition coefficient (Wildman–Crippen LogP) is 1.98. The highest BCUT2D eigenvalue weighted by Crippen LogP contribution is 2.38. The summed E-state index contributed by atoms with van der Waals surface area (Å²) in [6, 6.07) is 8.64. The van der Waals surface area contributed by atoms with Crippen molar-refractivity contribution in [3.8, 4) is 0 Å². The molecule has 1 saturated heterocycles. The first-order valence-corrected chi connectivity index (χ1v) is 6.93. The second kappa shape index (κ2) is 5.50. The zero-order valence-corrected chi connectivity index (χ0v) is 12.4. The Kier molecular flexibility index (Phi) is 4.11. The van der Waals surface area contributed by atoms with Gasteiger partial charge in [0.1, 0.15) is 0 Å². The molecule has 0 saturated carbocycles. The number of para-hydroxylation sites is 1. The standard InChI is InChI=1S/C13H15Cl2N3O2/c1-17(9-5-3-2-4-6-9)12(20)18-8-7-10(14)13(18,15)11(16)19/h2-6,10H,7-8H2,1H3,(H2,16,19). The van der Waals surface area contributed by atoms with E-state index in [0.717, 1.165) is 0 Å². The van der Waals surface area contributed by atoms with Crippen LogP contribution in [0.2, 0.25) is 0 Å². The number of carbonyl (C=O) groups is 2. The molecule has 0 aliphatic carbocycles. The van der Waals surface area contributed by atoms with E-state index >= 15 is 0 Å². The Morgan fingerprint density at radius 2 is 2.00 bits per heavy atom. The molecule has 2 N–H and O–H groups in total. The third-order valence-electron chi connectivity index (χ3n) is 3.42. The van der Waals surface area contributed by atoms with Crippen LogP contribution in [0.3, 0.4) is 0 Å². The van der Waals surface area contributed by atoms with Gasteiger partial charge in [-0.3, -0.25) is 14.6 Å². The summed E-state index contributed by atoms with van der Waals surface area (Å²) in [6.07, 6.45) is 0.419. The summed E-state index contributed by atoms with van der Waals surface area (Å²) in [6.45, 7) is 0.288. The third kappa shape index (κ3) is 2.31. The lowest BCUT2D eigenvalue weighted by molar-refractivity contribution is -0.123. The van der Waals surface area contributed by atoms with E-state index in [4.69, 9.17) is 28.9 Å². The topological polar surface area (TPSA) is 66.6 Å². The maximum atomic E-state index is 12.5. The summed E-state index contributed by atoms with van der Waals surface area (Å²) >= 11 is 12.3. The summed E-state index contributed by atoms with van der Waals surface area (Å²) < 4.78 is 0. The zero-order chi connectivity index (χ0) is 14.9. The Morgan fingerprint density at radius 3 is 2.55 bits per heavy atom. The van der Waals surface area contributed by atoms with Gasteiger partial charge in [-0.05, 0) is 18.6 Å². The van der Waals surface area contributed by atoms with Gasteiger partial charge < -0.3 is 5.73 Å². The Morgan fingerprint density at radius 1 is 1.40 bits per heavy atom. The maximum absolute atomic E-state index is 12.5. The summed E-state index contributed by atoms with van der Waals surface area (Å²) in [5.74, 6) is -0.813. The minimum absolute atomic E-state index is 0.288. The quantitative estimate of drug-likeness (QED) is 0.670. The first-order valence-electron chi connectivity index (χ1n) is 6.12. The molecule has 1 heterocycles. The highest BCUT2D eigenvalue weighted by atomic mass is 35.5. The molecule has 0 radical (unpaired) electrons. The number of hydrogen-bond acceptors (Lipinski definition) is 2. The number of anilines is 1. The van der Waals surface area contributed by atoms with Crippen LogP contribution in [-0.2, 0) is 4.79 Å². The van der Waals surface area contributed by atoms with Crippen molar-refractivity contribution in [2.75, 3.05) is 18.5 Å². The van der Waals surface area contributed by atoms with Crippen LogP contribution in [0.4, 0.5) is 10.5 Å². The summed E-state index contributed by atoms with van der Waals surface area (Å²) in [5, 5.41) is -0.699. The largest absolute Gasteiger partial charge is 0.366 e. The number of urea groups is 1. The lowest BCUT2D eigenvalue weighted by atomic mass is 10.2. The summed E-state index contributed by atoms with van der Waals surface area (Å²) in [4.78, 5) is 25.1. The summed E-state index contributed by atoms with van der Waals surface area (Å²) in [5.41, 5.74) is 6.02. The monoisotopic (exact) mass is 315 g/mol. The number of halogens is 2. The minimum atomic E-state index is -1.68. The van der Waals surface area contributed by atoms with E-state index in [1.165, 1.54) is 9.80 Å². The van der Waals surface area contributed by atoms with Gasteiger partial charge in [-0.25, -0.2) is 4.79 Å². The van der Waals surface area contributed by atoms with Crippen molar-refractivity contribution < 1.29 is 9.59 Å². The molecule has 7 heteroatoms. The lowest BCUT2D eigenvalue weighted by Gasteiger charge is -2.34. The van der Waals surface area contributed by atoms with E-state index in [1.807, 2.05) is 18.2 Å². The van der Waals surface area contributed by atoms with Crippen LogP contribution < -0.4 is 10.6 Å². The second-order valence-electron chi connectivity index (χ2n) is 4.62. The molecule has 2 rings (SSSR count). The molecule has 1 fully saturated rings. The van der Waals surface area contributed by atoms with Crippen molar-refractivity contribution >= 4 is 40.8 Å². The Bertz CT molecular complexity index is 526. The molecule has 108 valence electrons. The Hall–Kier alpha value is -1.46. The molecule has 0 spiro atoms. The van der Waals surface area contributed by atoms with E-state index in [0.29, 0.717) is 12.1 Å². The van der Waals surface area contributed by atoms with E-state index in [9.17, 15) is 9.59 Å². The number of nitrogens with zero attached hydrogens (tertiary/aromatic N) is 2. The molecule has 5 nitrogen and oxygen atoms in total. The number of likely N-dealkylation sites (tertiary alicyclic amines) is 1. The Labute approximate surface area is 127 Å². The molecular formula is C13H15Cl2N3O2. The average molecular weight is 316 g/mol. The molecule has 3 amide bonds. The Balaban J connectivity index is 2.27. The number of primary amides is 1. The van der Waals surface area contributed by atoms with Gasteiger partial charge in [0, 0.05) is 19.3 Å². The van der Waals surface area contributed by atoms with Gasteiger partial charge in [0.25, 0.3) is 5.91 Å². The number of benzene rings is 1. The van der Waals surface area contributed by atoms with Gasteiger partial charge in [-0.2, -0.15) is 0 Å². The zero-order valence-electron chi connectivity index (χ0n) is 10.9. The molecule has 0 aromatic heterocycles. The first kappa shape index (κ1) is 14.9. The minimum Gasteiger partial charge on any atom is -0.366 e. The number of nitrogens with two attached hydrogens (primary N) is 1. The van der Waals surface area contributed by atoms with Gasteiger partial charge in [0.05, 0.1) is 5.38 Å². The van der Waals surface area contributed by atoms with Crippen LogP contribution in [0.15, 0.2) is 30.3 Å². The van der Waals surface area contributed by atoms with Crippen molar-refractivity contribution in [2.24, 2.45) is 5.73 Å². The fourth-order valence-corrected chi connectivity index (χ4v) is 2.82. The molecular weight excluding hydrogens is 301 g/mol. The van der Waals surface area contributed by atoms with E-state index in [1.54, 1.807) is 19.2 Å². The van der Waals surface area contributed by atoms with Crippen molar-refractivity contribution in [1.29, 1.82) is 0 Å². The molecule has 1 aliphatic heterocycles. The number of amides is 3. The van der Waals surface area contributed by atoms with Crippen molar-refractivity contribution in [1.82, 2.24) is 4.90 Å². The van der Waals surface area contributed by atoms with E-state index < -0.39 is 22.3 Å². The van der Waals surface area contributed by atoms with Crippen LogP contribution in [0.1, 0.15) is 6.42 Å². The number of alkyl halides is 2. The van der Waals surface area contributed by atoms with Crippen molar-refractivity contribution in [2.45, 2.75) is 16.8 Å². The van der Waals surface area contributed by atoms with Gasteiger partial charge in [-0.1, -0.05) is 29.8 Å². The average Bonchev–Trinajstić information content (AvgIpc) is 2.76. The molecule has 20 heavy (non-hydrogen) atoms. The predicted molar refractivity (Wildman–Crippen MR) is 79.0 cm³/mol. The van der Waals surface area contributed by atoms with Crippen molar-refractivity contribution in [3.63, 3.8) is 0 Å². The highest BCUT2D eigenvalue weighted by Gasteiger charge is 2.54. The normalized spacial score (nSPS) is 25.6. The molecule has 1 aliphatic rings. The SMILES string of the molecule is CN(C(=O)N1CCC(Cl)C1(Cl)C(N)=O)c1ccccc1. The van der Waals surface area contributed by atoms with Crippen LogP contribution in [-0.4, -0.2) is 40.8 Å². The molecule has 1 aromatic rings. The van der Waals surface area contributed by atoms with Gasteiger partial charge in [0.2, 0.25) is 5.00 Å².